The molecule has 5 aromatic rings. The Labute approximate surface area is 185 Å². The van der Waals surface area contributed by atoms with Crippen molar-refractivity contribution in [2.45, 2.75) is 12.5 Å². The molecule has 0 bridgehead atoms. The van der Waals surface area contributed by atoms with E-state index < -0.39 is 0 Å². The predicted octanol–water partition coefficient (Wildman–Crippen LogP) is 3.79. The van der Waals surface area contributed by atoms with Crippen molar-refractivity contribution >= 4 is 40.1 Å². The number of aromatic nitrogens is 6. The summed E-state index contributed by atoms with van der Waals surface area (Å²) < 4.78 is 4.89. The van der Waals surface area contributed by atoms with Gasteiger partial charge >= 0.3 is 0 Å². The van der Waals surface area contributed by atoms with Crippen LogP contribution in [0.5, 0.6) is 0 Å². The molecule has 1 saturated heterocycles. The molecule has 1 aliphatic heterocycles. The Morgan fingerprint density at radius 2 is 1.77 bits per heavy atom. The summed E-state index contributed by atoms with van der Waals surface area (Å²) in [4.78, 5) is 20.1. The third kappa shape index (κ3) is 2.75. The summed E-state index contributed by atoms with van der Waals surface area (Å²) in [6.07, 6.45) is 4.34. The number of halogens is 2. The highest BCUT2D eigenvalue weighted by molar-refractivity contribution is 6.33. The minimum Gasteiger partial charge on any atom is -0.344 e. The molecule has 1 aliphatic rings. The molecule has 0 aliphatic carbocycles. The van der Waals surface area contributed by atoms with Crippen LogP contribution in [0.1, 0.15) is 18.3 Å². The summed E-state index contributed by atoms with van der Waals surface area (Å²) in [5.74, 6) is 1.32. The maximum absolute atomic E-state index is 13.5. The van der Waals surface area contributed by atoms with Gasteiger partial charge in [-0.2, -0.15) is 10.1 Å². The van der Waals surface area contributed by atoms with Crippen LogP contribution in [-0.2, 0) is 0 Å². The van der Waals surface area contributed by atoms with Crippen molar-refractivity contribution in [2.24, 2.45) is 0 Å². The predicted molar refractivity (Wildman–Crippen MR) is 118 cm³/mol. The maximum Gasteiger partial charge on any atom is 0.284 e. The Morgan fingerprint density at radius 1 is 0.935 bits per heavy atom. The lowest BCUT2D eigenvalue weighted by atomic mass is 10.0. The quantitative estimate of drug-likeness (QED) is 0.417. The molecule has 4 aromatic heterocycles. The number of hydrogen-bond acceptors (Lipinski definition) is 5. The van der Waals surface area contributed by atoms with Crippen LogP contribution < -0.4 is 10.5 Å². The molecule has 1 fully saturated rings. The van der Waals surface area contributed by atoms with Gasteiger partial charge < -0.3 is 4.90 Å². The number of nitrogens with zero attached hydrogens (tertiary/aromatic N) is 7. The van der Waals surface area contributed by atoms with E-state index in [1.807, 2.05) is 48.7 Å². The normalized spacial score (nSPS) is 16.2. The zero-order valence-corrected chi connectivity index (χ0v) is 17.6. The Balaban J connectivity index is 1.58. The van der Waals surface area contributed by atoms with Crippen LogP contribution in [0.15, 0.2) is 65.7 Å². The van der Waals surface area contributed by atoms with Gasteiger partial charge in [0.05, 0.1) is 16.8 Å². The molecule has 6 rings (SSSR count). The van der Waals surface area contributed by atoms with E-state index in [0.717, 1.165) is 24.2 Å². The Kier molecular flexibility index (Phi) is 4.06. The first-order chi connectivity index (χ1) is 15.1. The van der Waals surface area contributed by atoms with Gasteiger partial charge in [0.25, 0.3) is 5.56 Å². The molecule has 8 nitrogen and oxygen atoms in total. The first-order valence-electron chi connectivity index (χ1n) is 9.74. The Hall–Kier alpha value is -3.36. The fourth-order valence-corrected chi connectivity index (χ4v) is 4.49. The van der Waals surface area contributed by atoms with Gasteiger partial charge in [0.1, 0.15) is 11.0 Å². The summed E-state index contributed by atoms with van der Waals surface area (Å²) in [6, 6.07) is 14.8. The first-order valence-corrected chi connectivity index (χ1v) is 10.5. The topological polar surface area (TPSA) is 72.7 Å². The number of hydrogen-bond donors (Lipinski definition) is 0. The van der Waals surface area contributed by atoms with Gasteiger partial charge in [-0.1, -0.05) is 29.8 Å². The third-order valence-corrected chi connectivity index (χ3v) is 6.08. The molecule has 0 saturated carbocycles. The summed E-state index contributed by atoms with van der Waals surface area (Å²) in [7, 11) is 0. The smallest absolute Gasteiger partial charge is 0.284 e. The van der Waals surface area contributed by atoms with Gasteiger partial charge in [0.15, 0.2) is 11.6 Å². The monoisotopic (exact) mass is 451 g/mol. The zero-order valence-electron chi connectivity index (χ0n) is 16.1. The molecule has 0 spiro atoms. The van der Waals surface area contributed by atoms with E-state index in [-0.39, 0.29) is 16.9 Å². The standard InChI is InChI=1S/C21H15Cl2N7O/c22-14-8-12-29-17(14)20(31)30(13-5-2-1-3-6-13)19(25-29)15-9-11-27(15)18-16-7-4-10-28(16)26-21(23)24-18/h1-8,10,12,15H,9,11H2. The van der Waals surface area contributed by atoms with Gasteiger partial charge in [0.2, 0.25) is 5.28 Å². The highest BCUT2D eigenvalue weighted by Crippen LogP contribution is 2.38. The molecule has 1 aromatic carbocycles. The lowest BCUT2D eigenvalue weighted by Crippen LogP contribution is -2.45. The van der Waals surface area contributed by atoms with Crippen molar-refractivity contribution in [3.63, 3.8) is 0 Å². The molecular formula is C21H15Cl2N7O. The van der Waals surface area contributed by atoms with Crippen LogP contribution in [0.3, 0.4) is 0 Å². The van der Waals surface area contributed by atoms with Crippen molar-refractivity contribution in [1.29, 1.82) is 0 Å². The maximum atomic E-state index is 13.5. The highest BCUT2D eigenvalue weighted by Gasteiger charge is 2.36. The largest absolute Gasteiger partial charge is 0.344 e. The Morgan fingerprint density at radius 3 is 2.55 bits per heavy atom. The second-order valence-corrected chi connectivity index (χ2v) is 8.08. The van der Waals surface area contributed by atoms with Crippen molar-refractivity contribution in [2.75, 3.05) is 11.4 Å². The molecule has 154 valence electrons. The van der Waals surface area contributed by atoms with Crippen LogP contribution in [0.2, 0.25) is 10.3 Å². The Bertz CT molecular complexity index is 1510. The molecule has 0 amide bonds. The lowest BCUT2D eigenvalue weighted by molar-refractivity contribution is 0.423. The number of para-hydroxylation sites is 1. The van der Waals surface area contributed by atoms with Gasteiger partial charge in [-0.25, -0.2) is 9.03 Å². The average Bonchev–Trinajstić information content (AvgIpc) is 3.35. The van der Waals surface area contributed by atoms with E-state index >= 15 is 0 Å². The second kappa shape index (κ2) is 6.83. The van der Waals surface area contributed by atoms with Crippen molar-refractivity contribution in [1.82, 2.24) is 28.8 Å². The van der Waals surface area contributed by atoms with E-state index in [4.69, 9.17) is 28.3 Å². The lowest BCUT2D eigenvalue weighted by Gasteiger charge is -2.42. The second-order valence-electron chi connectivity index (χ2n) is 7.33. The fraction of sp³-hybridized carbons (Fsp3) is 0.143. The van der Waals surface area contributed by atoms with Gasteiger partial charge in [-0.3, -0.25) is 9.36 Å². The van der Waals surface area contributed by atoms with Gasteiger partial charge in [-0.15, -0.1) is 5.10 Å². The van der Waals surface area contributed by atoms with Crippen molar-refractivity contribution in [3.05, 3.63) is 87.4 Å². The average molecular weight is 452 g/mol. The number of rotatable bonds is 3. The van der Waals surface area contributed by atoms with E-state index in [9.17, 15) is 4.79 Å². The van der Waals surface area contributed by atoms with Crippen LogP contribution >= 0.6 is 23.2 Å². The summed E-state index contributed by atoms with van der Waals surface area (Å²) in [5.41, 5.74) is 1.70. The van der Waals surface area contributed by atoms with Crippen LogP contribution in [0.25, 0.3) is 16.7 Å². The fourth-order valence-electron chi connectivity index (χ4n) is 4.10. The molecule has 1 unspecified atom stereocenters. The van der Waals surface area contributed by atoms with Crippen molar-refractivity contribution in [3.8, 4) is 5.69 Å². The molecule has 0 N–H and O–H groups in total. The molecule has 10 heteroatoms. The van der Waals surface area contributed by atoms with Gasteiger partial charge in [0, 0.05) is 18.9 Å². The molecular weight excluding hydrogens is 437 g/mol. The number of fused-ring (bicyclic) bond motifs is 2. The zero-order chi connectivity index (χ0) is 21.1. The number of anilines is 1. The summed E-state index contributed by atoms with van der Waals surface area (Å²) >= 11 is 12.5. The first kappa shape index (κ1) is 18.4. The van der Waals surface area contributed by atoms with Crippen LogP contribution in [0, 0.1) is 0 Å². The van der Waals surface area contributed by atoms with Crippen LogP contribution in [0.4, 0.5) is 5.82 Å². The van der Waals surface area contributed by atoms with Crippen molar-refractivity contribution < 1.29 is 0 Å². The van der Waals surface area contributed by atoms with Gasteiger partial charge in [-0.05, 0) is 48.4 Å². The minimum atomic E-state index is -0.216. The summed E-state index contributed by atoms with van der Waals surface area (Å²) in [6.45, 7) is 0.758. The molecule has 0 radical (unpaired) electrons. The molecule has 5 heterocycles. The van der Waals surface area contributed by atoms with E-state index in [1.54, 1.807) is 25.9 Å². The third-order valence-electron chi connectivity index (χ3n) is 5.61. The van der Waals surface area contributed by atoms with E-state index in [2.05, 4.69) is 15.0 Å². The molecule has 1 atom stereocenters. The summed E-state index contributed by atoms with van der Waals surface area (Å²) in [5, 5.41) is 9.53. The molecule has 31 heavy (non-hydrogen) atoms. The van der Waals surface area contributed by atoms with E-state index in [1.165, 1.54) is 0 Å². The highest BCUT2D eigenvalue weighted by atomic mass is 35.5. The SMILES string of the molecule is O=c1c2c(Cl)ccn2nc(C2CCN2c2nc(Cl)nn3cccc23)n1-c1ccccc1. The van der Waals surface area contributed by atoms with Crippen LogP contribution in [-0.4, -0.2) is 35.3 Å². The van der Waals surface area contributed by atoms with E-state index in [0.29, 0.717) is 22.2 Å². The number of benzene rings is 1. The minimum absolute atomic E-state index is 0.158.